The molecule has 1 aromatic rings. The minimum atomic E-state index is 0.387. The number of hydrogen-bond acceptors (Lipinski definition) is 1. The predicted molar refractivity (Wildman–Crippen MR) is 77.9 cm³/mol. The Hall–Kier alpha value is -0.980. The lowest BCUT2D eigenvalue weighted by Crippen LogP contribution is -2.13. The molecule has 0 N–H and O–H groups in total. The summed E-state index contributed by atoms with van der Waals surface area (Å²) < 4.78 is 0. The molecule has 1 aromatic carbocycles. The van der Waals surface area contributed by atoms with Gasteiger partial charge in [-0.1, -0.05) is 32.9 Å². The number of benzene rings is 1. The summed E-state index contributed by atoms with van der Waals surface area (Å²) >= 11 is 0. The molecule has 0 saturated carbocycles. The second-order valence-electron chi connectivity index (χ2n) is 5.13. The molecule has 0 saturated heterocycles. The summed E-state index contributed by atoms with van der Waals surface area (Å²) in [5.41, 5.74) is 4.12. The molecule has 0 spiro atoms. The fourth-order valence-electron chi connectivity index (χ4n) is 2.06. The van der Waals surface area contributed by atoms with Crippen LogP contribution in [-0.2, 0) is 0 Å². The molecular weight excluding hydrogens is 206 g/mol. The molecule has 0 heterocycles. The maximum atomic E-state index is 4.24. The van der Waals surface area contributed by atoms with Crippen LogP contribution >= 0.6 is 0 Å². The van der Waals surface area contributed by atoms with Gasteiger partial charge in [-0.3, -0.25) is 0 Å². The molecule has 1 radical (unpaired) electrons. The van der Waals surface area contributed by atoms with Gasteiger partial charge in [-0.25, -0.2) is 0 Å². The minimum absolute atomic E-state index is 0.387. The quantitative estimate of drug-likeness (QED) is 0.717. The van der Waals surface area contributed by atoms with Gasteiger partial charge in [0.25, 0.3) is 0 Å². The van der Waals surface area contributed by atoms with E-state index in [-0.39, 0.29) is 0 Å². The zero-order valence-corrected chi connectivity index (χ0v) is 12.0. The Morgan fingerprint density at radius 2 is 1.82 bits per heavy atom. The van der Waals surface area contributed by atoms with Crippen LogP contribution in [0, 0.1) is 6.92 Å². The monoisotopic (exact) mass is 232 g/mol. The van der Waals surface area contributed by atoms with E-state index >= 15 is 0 Å². The normalized spacial score (nSPS) is 14.5. The number of rotatable bonds is 5. The highest BCUT2D eigenvalue weighted by Gasteiger charge is 2.13. The lowest BCUT2D eigenvalue weighted by atomic mass is 9.91. The van der Waals surface area contributed by atoms with E-state index in [4.69, 9.17) is 0 Å². The van der Waals surface area contributed by atoms with Gasteiger partial charge in [-0.2, -0.15) is 0 Å². The first-order valence-corrected chi connectivity index (χ1v) is 6.65. The average molecular weight is 232 g/mol. The molecule has 1 nitrogen and oxygen atoms in total. The Labute approximate surface area is 107 Å². The van der Waals surface area contributed by atoms with E-state index in [0.717, 1.165) is 6.42 Å². The first-order valence-electron chi connectivity index (χ1n) is 6.65. The van der Waals surface area contributed by atoms with Crippen molar-refractivity contribution in [2.45, 2.75) is 45.4 Å². The van der Waals surface area contributed by atoms with Gasteiger partial charge in [-0.05, 0) is 48.8 Å². The highest BCUT2D eigenvalue weighted by molar-refractivity contribution is 5.56. The topological polar surface area (TPSA) is 3.24 Å². The van der Waals surface area contributed by atoms with E-state index in [1.54, 1.807) is 0 Å². The SMILES string of the molecule is [CH2]C(CC)c1ccc(C(C)CC)cc1N(C)C. The Morgan fingerprint density at radius 3 is 2.29 bits per heavy atom. The fraction of sp³-hybridized carbons (Fsp3) is 0.562. The summed E-state index contributed by atoms with van der Waals surface area (Å²) in [6, 6.07) is 6.86. The van der Waals surface area contributed by atoms with Crippen molar-refractivity contribution in [2.24, 2.45) is 0 Å². The van der Waals surface area contributed by atoms with Crippen LogP contribution < -0.4 is 4.90 Å². The number of anilines is 1. The van der Waals surface area contributed by atoms with Gasteiger partial charge in [0, 0.05) is 19.8 Å². The van der Waals surface area contributed by atoms with Crippen molar-refractivity contribution >= 4 is 5.69 Å². The summed E-state index contributed by atoms with van der Waals surface area (Å²) in [6.07, 6.45) is 2.28. The Bertz CT molecular complexity index is 355. The Morgan fingerprint density at radius 1 is 1.18 bits per heavy atom. The highest BCUT2D eigenvalue weighted by atomic mass is 15.1. The molecule has 1 rings (SSSR count). The highest BCUT2D eigenvalue weighted by Crippen LogP contribution is 2.32. The van der Waals surface area contributed by atoms with Gasteiger partial charge >= 0.3 is 0 Å². The van der Waals surface area contributed by atoms with Crippen molar-refractivity contribution in [3.05, 3.63) is 36.2 Å². The van der Waals surface area contributed by atoms with E-state index in [2.05, 4.69) is 64.9 Å². The van der Waals surface area contributed by atoms with Gasteiger partial charge in [0.05, 0.1) is 0 Å². The van der Waals surface area contributed by atoms with Crippen molar-refractivity contribution in [2.75, 3.05) is 19.0 Å². The summed E-state index contributed by atoms with van der Waals surface area (Å²) in [5, 5.41) is 0. The maximum absolute atomic E-state index is 4.24. The van der Waals surface area contributed by atoms with Crippen molar-refractivity contribution in [3.63, 3.8) is 0 Å². The zero-order chi connectivity index (χ0) is 13.0. The molecular formula is C16H26N. The Kier molecular flexibility index (Phi) is 5.04. The van der Waals surface area contributed by atoms with Gasteiger partial charge in [0.2, 0.25) is 0 Å². The third kappa shape index (κ3) is 3.24. The summed E-state index contributed by atoms with van der Waals surface area (Å²) in [5.74, 6) is 1.02. The van der Waals surface area contributed by atoms with Crippen LogP contribution in [0.4, 0.5) is 5.69 Å². The van der Waals surface area contributed by atoms with E-state index in [1.807, 2.05) is 0 Å². The molecule has 1 heteroatoms. The van der Waals surface area contributed by atoms with Gasteiger partial charge in [0.1, 0.15) is 0 Å². The number of nitrogens with zero attached hydrogens (tertiary/aromatic N) is 1. The lowest BCUT2D eigenvalue weighted by Gasteiger charge is -2.23. The standard InChI is InChI=1S/C16H26N/c1-7-12(3)14-9-10-15(13(4)8-2)16(11-14)17(5)6/h9-13H,4,7-8H2,1-3,5-6H3. The smallest absolute Gasteiger partial charge is 0.0399 e. The van der Waals surface area contributed by atoms with Crippen LogP contribution in [0.15, 0.2) is 18.2 Å². The first kappa shape index (κ1) is 14.1. The van der Waals surface area contributed by atoms with Gasteiger partial charge in [-0.15, -0.1) is 0 Å². The maximum Gasteiger partial charge on any atom is 0.0399 e. The van der Waals surface area contributed by atoms with Gasteiger partial charge in [0.15, 0.2) is 0 Å². The second-order valence-corrected chi connectivity index (χ2v) is 5.13. The van der Waals surface area contributed by atoms with E-state index in [1.165, 1.54) is 23.2 Å². The fourth-order valence-corrected chi connectivity index (χ4v) is 2.06. The molecule has 0 aliphatic heterocycles. The van der Waals surface area contributed by atoms with E-state index in [0.29, 0.717) is 11.8 Å². The van der Waals surface area contributed by atoms with Crippen molar-refractivity contribution in [1.29, 1.82) is 0 Å². The molecule has 95 valence electrons. The number of hydrogen-bond donors (Lipinski definition) is 0. The third-order valence-corrected chi connectivity index (χ3v) is 3.65. The summed E-state index contributed by atoms with van der Waals surface area (Å²) in [4.78, 5) is 2.20. The molecule has 0 aliphatic rings. The molecule has 0 fully saturated rings. The van der Waals surface area contributed by atoms with E-state index in [9.17, 15) is 0 Å². The van der Waals surface area contributed by atoms with Gasteiger partial charge < -0.3 is 4.90 Å². The van der Waals surface area contributed by atoms with Crippen molar-refractivity contribution in [1.82, 2.24) is 0 Å². The molecule has 2 atom stereocenters. The summed E-state index contributed by atoms with van der Waals surface area (Å²) in [7, 11) is 4.23. The van der Waals surface area contributed by atoms with Crippen LogP contribution in [-0.4, -0.2) is 14.1 Å². The lowest BCUT2D eigenvalue weighted by molar-refractivity contribution is 0.730. The second kappa shape index (κ2) is 6.09. The van der Waals surface area contributed by atoms with Crippen LogP contribution in [0.1, 0.15) is 56.6 Å². The minimum Gasteiger partial charge on any atom is -0.377 e. The largest absolute Gasteiger partial charge is 0.377 e. The molecule has 0 aromatic heterocycles. The zero-order valence-electron chi connectivity index (χ0n) is 12.0. The van der Waals surface area contributed by atoms with Crippen LogP contribution in [0.2, 0.25) is 0 Å². The molecule has 0 bridgehead atoms. The van der Waals surface area contributed by atoms with Crippen LogP contribution in [0.5, 0.6) is 0 Å². The predicted octanol–water partition coefficient (Wildman–Crippen LogP) is 4.59. The van der Waals surface area contributed by atoms with Crippen molar-refractivity contribution < 1.29 is 0 Å². The van der Waals surface area contributed by atoms with Crippen LogP contribution in [0.25, 0.3) is 0 Å². The van der Waals surface area contributed by atoms with E-state index < -0.39 is 0 Å². The molecule has 2 unspecified atom stereocenters. The molecule has 0 amide bonds. The van der Waals surface area contributed by atoms with Crippen molar-refractivity contribution in [3.8, 4) is 0 Å². The average Bonchev–Trinajstić information content (AvgIpc) is 2.35. The Balaban J connectivity index is 3.17. The molecule has 0 aliphatic carbocycles. The summed E-state index contributed by atoms with van der Waals surface area (Å²) in [6.45, 7) is 11.0. The first-order chi connectivity index (χ1) is 8.01. The van der Waals surface area contributed by atoms with Crippen LogP contribution in [0.3, 0.4) is 0 Å². The third-order valence-electron chi connectivity index (χ3n) is 3.65. The molecule has 17 heavy (non-hydrogen) atoms.